The predicted molar refractivity (Wildman–Crippen MR) is 155 cm³/mol. The second kappa shape index (κ2) is 14.6. The Morgan fingerprint density at radius 3 is 2.62 bits per heavy atom. The number of anilines is 1. The van der Waals surface area contributed by atoms with Crippen LogP contribution < -0.4 is 20.8 Å². The first-order chi connectivity index (χ1) is 20.2. The van der Waals surface area contributed by atoms with E-state index in [-0.39, 0.29) is 11.9 Å². The molecule has 0 radical (unpaired) electrons. The molecule has 4 rings (SSSR count). The van der Waals surface area contributed by atoms with Crippen LogP contribution in [-0.2, 0) is 25.5 Å². The number of hydrazine groups is 1. The van der Waals surface area contributed by atoms with Crippen LogP contribution in [-0.4, -0.2) is 79.2 Å². The van der Waals surface area contributed by atoms with Gasteiger partial charge in [0.25, 0.3) is 5.91 Å². The average Bonchev–Trinajstić information content (AvgIpc) is 3.37. The Morgan fingerprint density at radius 2 is 1.88 bits per heavy atom. The third kappa shape index (κ3) is 9.72. The number of alkyl carbamates (subject to hydrolysis) is 1. The SMILES string of the molecule is CN1NC(c2nc3cc(NCc4ccc(OCCOCCOCCNC(=O)OC(C)(C)C)cn4)ccc3o2)C=CC1=O. The van der Waals surface area contributed by atoms with Crippen molar-refractivity contribution in [1.82, 2.24) is 25.7 Å². The molecule has 3 heterocycles. The summed E-state index contributed by atoms with van der Waals surface area (Å²) >= 11 is 0. The number of carbonyl (C=O) groups excluding carboxylic acids is 2. The summed E-state index contributed by atoms with van der Waals surface area (Å²) in [6, 6.07) is 9.14. The van der Waals surface area contributed by atoms with Gasteiger partial charge in [-0.05, 0) is 51.1 Å². The molecule has 1 aliphatic heterocycles. The van der Waals surface area contributed by atoms with Crippen molar-refractivity contribution >= 4 is 28.8 Å². The zero-order valence-electron chi connectivity index (χ0n) is 24.3. The molecule has 226 valence electrons. The molecule has 2 aromatic heterocycles. The molecule has 0 saturated heterocycles. The van der Waals surface area contributed by atoms with E-state index in [1.807, 2.05) is 51.1 Å². The van der Waals surface area contributed by atoms with Crippen LogP contribution in [0.2, 0.25) is 0 Å². The minimum absolute atomic E-state index is 0.127. The van der Waals surface area contributed by atoms with E-state index in [9.17, 15) is 9.59 Å². The molecule has 1 atom stereocenters. The maximum absolute atomic E-state index is 11.6. The molecule has 1 unspecified atom stereocenters. The van der Waals surface area contributed by atoms with Gasteiger partial charge in [0.2, 0.25) is 5.89 Å². The van der Waals surface area contributed by atoms with Crippen molar-refractivity contribution < 1.29 is 33.0 Å². The van der Waals surface area contributed by atoms with E-state index in [1.165, 1.54) is 11.1 Å². The van der Waals surface area contributed by atoms with E-state index >= 15 is 0 Å². The third-order valence-corrected chi connectivity index (χ3v) is 5.82. The lowest BCUT2D eigenvalue weighted by Gasteiger charge is -2.24. The van der Waals surface area contributed by atoms with E-state index in [0.717, 1.165) is 11.4 Å². The first-order valence-electron chi connectivity index (χ1n) is 13.7. The number of likely N-dealkylation sites (N-methyl/N-ethyl adjacent to an activating group) is 1. The Morgan fingerprint density at radius 1 is 1.10 bits per heavy atom. The second-order valence-electron chi connectivity index (χ2n) is 10.4. The molecule has 13 heteroatoms. The summed E-state index contributed by atoms with van der Waals surface area (Å²) in [5.41, 5.74) is 5.61. The molecule has 3 N–H and O–H groups in total. The molecule has 0 saturated carbocycles. The van der Waals surface area contributed by atoms with E-state index in [4.69, 9.17) is 23.4 Å². The Hall–Kier alpha value is -4.20. The summed E-state index contributed by atoms with van der Waals surface area (Å²) in [5, 5.41) is 7.38. The van der Waals surface area contributed by atoms with Gasteiger partial charge in [-0.25, -0.2) is 15.2 Å². The standard InChI is InChI=1S/C29H38N6O7/c1-29(2,3)42-28(37)30-11-12-38-13-14-39-15-16-40-22-7-5-21(32-19-22)18-31-20-6-9-25-24(17-20)33-27(41-25)23-8-10-26(36)35(4)34-23/h5-10,17,19,23,31,34H,11-16,18H2,1-4H3,(H,30,37). The van der Waals surface area contributed by atoms with Crippen LogP contribution in [0, 0.1) is 0 Å². The van der Waals surface area contributed by atoms with Crippen molar-refractivity contribution in [2.24, 2.45) is 0 Å². The Bertz CT molecular complexity index is 1350. The Labute approximate surface area is 244 Å². The molecule has 0 spiro atoms. The number of hydrogen-bond acceptors (Lipinski definition) is 11. The highest BCUT2D eigenvalue weighted by atomic mass is 16.6. The van der Waals surface area contributed by atoms with Gasteiger partial charge in [-0.1, -0.05) is 6.08 Å². The highest BCUT2D eigenvalue weighted by Crippen LogP contribution is 2.25. The fourth-order valence-electron chi connectivity index (χ4n) is 3.80. The maximum Gasteiger partial charge on any atom is 0.407 e. The quantitative estimate of drug-likeness (QED) is 0.240. The molecule has 1 aromatic carbocycles. The monoisotopic (exact) mass is 582 g/mol. The lowest BCUT2D eigenvalue weighted by atomic mass is 10.2. The van der Waals surface area contributed by atoms with Crippen LogP contribution in [0.1, 0.15) is 38.4 Å². The number of aromatic nitrogens is 2. The van der Waals surface area contributed by atoms with Gasteiger partial charge in [-0.15, -0.1) is 0 Å². The maximum atomic E-state index is 11.6. The summed E-state index contributed by atoms with van der Waals surface area (Å²) in [6.45, 7) is 8.34. The highest BCUT2D eigenvalue weighted by Gasteiger charge is 2.22. The number of amides is 2. The first kappa shape index (κ1) is 30.8. The number of nitrogens with zero attached hydrogens (tertiary/aromatic N) is 3. The van der Waals surface area contributed by atoms with Gasteiger partial charge in [-0.2, -0.15) is 0 Å². The largest absolute Gasteiger partial charge is 0.490 e. The zero-order valence-corrected chi connectivity index (χ0v) is 24.3. The van der Waals surface area contributed by atoms with Crippen molar-refractivity contribution in [3.63, 3.8) is 0 Å². The van der Waals surface area contributed by atoms with Crippen LogP contribution in [0.4, 0.5) is 10.5 Å². The number of oxazole rings is 1. The van der Waals surface area contributed by atoms with Gasteiger partial charge >= 0.3 is 6.09 Å². The smallest absolute Gasteiger partial charge is 0.407 e. The molecular weight excluding hydrogens is 544 g/mol. The molecule has 0 aliphatic carbocycles. The normalized spacial score (nSPS) is 15.2. The second-order valence-corrected chi connectivity index (χ2v) is 10.4. The number of fused-ring (bicyclic) bond motifs is 1. The van der Waals surface area contributed by atoms with Gasteiger partial charge in [0, 0.05) is 25.4 Å². The number of carbonyl (C=O) groups is 2. The molecule has 42 heavy (non-hydrogen) atoms. The van der Waals surface area contributed by atoms with Crippen LogP contribution in [0.15, 0.2) is 53.1 Å². The number of hydrogen-bond donors (Lipinski definition) is 3. The number of rotatable bonds is 14. The first-order valence-corrected chi connectivity index (χ1v) is 13.7. The van der Waals surface area contributed by atoms with Crippen LogP contribution in [0.3, 0.4) is 0 Å². The fraction of sp³-hybridized carbons (Fsp3) is 0.448. The predicted octanol–water partition coefficient (Wildman–Crippen LogP) is 3.35. The highest BCUT2D eigenvalue weighted by molar-refractivity contribution is 5.88. The van der Waals surface area contributed by atoms with Gasteiger partial charge in [-0.3, -0.25) is 14.8 Å². The zero-order chi connectivity index (χ0) is 30.0. The van der Waals surface area contributed by atoms with Crippen molar-refractivity contribution in [2.75, 3.05) is 51.9 Å². The molecule has 1 aliphatic rings. The van der Waals surface area contributed by atoms with Gasteiger partial charge < -0.3 is 34.0 Å². The van der Waals surface area contributed by atoms with Crippen molar-refractivity contribution in [3.8, 4) is 5.75 Å². The summed E-state index contributed by atoms with van der Waals surface area (Å²) in [6.07, 6.45) is 4.44. The number of ether oxygens (including phenoxy) is 4. The summed E-state index contributed by atoms with van der Waals surface area (Å²) in [5.74, 6) is 1.01. The van der Waals surface area contributed by atoms with Crippen molar-refractivity contribution in [3.05, 3.63) is 60.3 Å². The Kier molecular flexibility index (Phi) is 10.7. The average molecular weight is 583 g/mol. The minimum Gasteiger partial charge on any atom is -0.490 e. The van der Waals surface area contributed by atoms with Crippen LogP contribution in [0.25, 0.3) is 11.1 Å². The van der Waals surface area contributed by atoms with Gasteiger partial charge in [0.05, 0.1) is 44.9 Å². The fourth-order valence-corrected chi connectivity index (χ4v) is 3.80. The molecule has 2 amide bonds. The van der Waals surface area contributed by atoms with E-state index in [2.05, 4.69) is 26.0 Å². The van der Waals surface area contributed by atoms with Crippen LogP contribution in [0.5, 0.6) is 5.75 Å². The van der Waals surface area contributed by atoms with Crippen molar-refractivity contribution in [2.45, 2.75) is 39.0 Å². The Balaban J connectivity index is 1.09. The summed E-state index contributed by atoms with van der Waals surface area (Å²) < 4.78 is 27.6. The number of pyridine rings is 1. The molecule has 3 aromatic rings. The lowest BCUT2D eigenvalue weighted by molar-refractivity contribution is -0.128. The van der Waals surface area contributed by atoms with Gasteiger partial charge in [0.15, 0.2) is 5.58 Å². The lowest BCUT2D eigenvalue weighted by Crippen LogP contribution is -2.43. The molecular formula is C29H38N6O7. The third-order valence-electron chi connectivity index (χ3n) is 5.82. The molecule has 0 bridgehead atoms. The van der Waals surface area contributed by atoms with Gasteiger partial charge in [0.1, 0.15) is 29.5 Å². The van der Waals surface area contributed by atoms with E-state index in [0.29, 0.717) is 68.9 Å². The van der Waals surface area contributed by atoms with E-state index < -0.39 is 11.7 Å². The minimum atomic E-state index is -0.522. The van der Waals surface area contributed by atoms with Crippen molar-refractivity contribution in [1.29, 1.82) is 0 Å². The summed E-state index contributed by atoms with van der Waals surface area (Å²) in [7, 11) is 1.66. The number of nitrogens with one attached hydrogen (secondary N) is 3. The summed E-state index contributed by atoms with van der Waals surface area (Å²) in [4.78, 5) is 32.2. The molecule has 13 nitrogen and oxygen atoms in total. The van der Waals surface area contributed by atoms with Crippen LogP contribution >= 0.6 is 0 Å². The number of benzene rings is 1. The topological polar surface area (TPSA) is 149 Å². The molecule has 0 fully saturated rings. The van der Waals surface area contributed by atoms with E-state index in [1.54, 1.807) is 19.3 Å².